The molecule has 0 aliphatic carbocycles. The minimum absolute atomic E-state index is 0. The summed E-state index contributed by atoms with van der Waals surface area (Å²) in [7, 11) is 2.74. The van der Waals surface area contributed by atoms with Crippen LogP contribution in [0.1, 0.15) is 93.9 Å². The summed E-state index contributed by atoms with van der Waals surface area (Å²) >= 11 is 0. The van der Waals surface area contributed by atoms with Gasteiger partial charge >= 0.3 is 47.5 Å². The topological polar surface area (TPSA) is 360 Å². The molecule has 0 fully saturated rings. The van der Waals surface area contributed by atoms with Crippen LogP contribution < -0.4 is 40.6 Å². The number of nitrogens with one attached hydrogen (secondary N) is 2. The number of carbonyl (C=O) groups is 4. The van der Waals surface area contributed by atoms with Gasteiger partial charge in [0.05, 0.1) is 153 Å². The average molecular weight is 1550 g/mol. The molecule has 0 unspecified atom stereocenters. The molecule has 0 bridgehead atoms. The molecule has 26 nitrogen and oxygen atoms in total. The minimum Gasteiger partial charge on any atom is -0.870 e. The quantitative estimate of drug-likeness (QED) is 0.0580. The Hall–Kier alpha value is -14.0. The summed E-state index contributed by atoms with van der Waals surface area (Å²) < 4.78 is 15.1. The molecule has 0 radical (unpaired) electrons. The van der Waals surface area contributed by atoms with E-state index in [0.717, 1.165) is 145 Å². The van der Waals surface area contributed by atoms with Gasteiger partial charge in [-0.1, -0.05) is 86.3 Å². The van der Waals surface area contributed by atoms with E-state index in [1.165, 1.54) is 14.2 Å². The van der Waals surface area contributed by atoms with Crippen LogP contribution in [0.2, 0.25) is 0 Å². The number of aromatic amines is 1. The van der Waals surface area contributed by atoms with Crippen LogP contribution in [0, 0.1) is 41.5 Å². The number of pyridine rings is 4. The van der Waals surface area contributed by atoms with Crippen molar-refractivity contribution in [2.24, 2.45) is 5.73 Å². The Kier molecular flexibility index (Phi) is 28.4. The summed E-state index contributed by atoms with van der Waals surface area (Å²) in [5.41, 5.74) is 26.9. The standard InChI is InChI=1S/C26H22N6O.C21H17N3O2.C20H15N3O2.C15H13N3O2.C6H9N3.CH4.Na.H2O/c1-17-8-9-24(29-12-17)22-10-19(26(33)30-15-20-14-27-18(2)13-28-20)11-25-23(22)16-31-32(25)21-6-4-3-5-7-21;1-14-8-9-19(22-12-14)17-10-15(21(25)26-2)11-20-18(17)13-23-24(20)16-6-4-3-5-7-16;1-13-7-8-18(21-11-13)16-9-14(20(24)25)10-19-17(16)12-22-23(19)15-5-3-2-4-6-15;1-9-3-4-13(16-7-9)11-5-10(15(19)20-2)6-14-12(11)8-17-18-14;1-5-3-9-6(2-7)4-8-5;;;/h3-14,16H,15H2,1-2H3,(H,30,33);3-13H,1-2H3;2-12H,1H3,(H,24,25);3-8H,1-2H3,(H,17,18);3-4H,2,7H2,1H3;1H4;;1H2/q;;;;;;+1;/p-1. The Balaban J connectivity index is 0.000000158. The number of nitrogens with zero attached hydrogens (tertiary/aromatic N) is 15. The molecule has 10 heterocycles. The van der Waals surface area contributed by atoms with E-state index in [2.05, 4.69) is 70.7 Å². The number of carboxylic acids is 1. The zero-order valence-electron chi connectivity index (χ0n) is 64.4. The second-order valence-corrected chi connectivity index (χ2v) is 26.3. The predicted molar refractivity (Wildman–Crippen MR) is 442 cm³/mol. The van der Waals surface area contributed by atoms with Crippen molar-refractivity contribution in [1.82, 2.24) is 84.7 Å². The SMILES string of the molecule is C.COC(=O)c1cc(-c2ccc(C)cn2)c2cn[nH]c2c1.COC(=O)c1cc(-c2ccc(C)cn2)c2cnn(-c3ccccc3)c2c1.Cc1ccc(-c2cc(C(=O)NCc3cnc(C)cn3)cc3c2cnn3-c2ccccc2)nc1.Cc1ccc(-c2cc(C(=O)O)cc3c2cnn3-c2ccccc2)nc1.Cc1cnc(CN)cn1.[Na+].[OH-]. The molecule has 27 heteroatoms. The van der Waals surface area contributed by atoms with E-state index in [0.29, 0.717) is 35.5 Å². The summed E-state index contributed by atoms with van der Waals surface area (Å²) in [6.07, 6.45) is 21.1. The molecule has 0 aliphatic rings. The monoisotopic (exact) mass is 1550 g/mol. The van der Waals surface area contributed by atoms with Gasteiger partial charge in [0.2, 0.25) is 0 Å². The van der Waals surface area contributed by atoms with Crippen molar-refractivity contribution in [2.75, 3.05) is 14.2 Å². The average Bonchev–Trinajstić information content (AvgIpc) is 1.61. The summed E-state index contributed by atoms with van der Waals surface area (Å²) in [5, 5.41) is 36.6. The van der Waals surface area contributed by atoms with E-state index in [-0.39, 0.29) is 65.9 Å². The normalized spacial score (nSPS) is 10.5. The van der Waals surface area contributed by atoms with Crippen molar-refractivity contribution < 1.29 is 68.8 Å². The van der Waals surface area contributed by atoms with Gasteiger partial charge in [0.25, 0.3) is 5.91 Å². The number of fused-ring (bicyclic) bond motifs is 4. The molecule has 0 atom stereocenters. The van der Waals surface area contributed by atoms with Gasteiger partial charge in [0.1, 0.15) is 0 Å². The fraction of sp³-hybridized carbons (Fsp3) is 0.124. The number of aromatic nitrogens is 16. The molecule has 7 aromatic carbocycles. The third-order valence-electron chi connectivity index (χ3n) is 18.0. The van der Waals surface area contributed by atoms with Gasteiger partial charge in [-0.15, -0.1) is 0 Å². The Morgan fingerprint density at radius 3 is 1.11 bits per heavy atom. The number of rotatable bonds is 14. The first-order valence-electron chi connectivity index (χ1n) is 35.7. The molecule has 0 saturated heterocycles. The van der Waals surface area contributed by atoms with Gasteiger partial charge in [0.15, 0.2) is 0 Å². The van der Waals surface area contributed by atoms with E-state index in [4.69, 9.17) is 15.2 Å². The number of carboxylic acid groups (broad SMARTS) is 1. The van der Waals surface area contributed by atoms with Crippen LogP contribution in [0.3, 0.4) is 0 Å². The molecule has 576 valence electrons. The van der Waals surface area contributed by atoms with Gasteiger partial charge in [-0.25, -0.2) is 28.4 Å². The van der Waals surface area contributed by atoms with Crippen LogP contribution in [0.4, 0.5) is 0 Å². The van der Waals surface area contributed by atoms with Gasteiger partial charge < -0.3 is 31.1 Å². The Labute approximate surface area is 690 Å². The molecule has 0 spiro atoms. The van der Waals surface area contributed by atoms with Crippen LogP contribution in [-0.2, 0) is 22.6 Å². The molecule has 10 aromatic heterocycles. The van der Waals surface area contributed by atoms with E-state index in [1.807, 2.05) is 227 Å². The number of amides is 1. The molecule has 1 amide bonds. The number of aryl methyl sites for hydroxylation is 6. The number of esters is 2. The summed E-state index contributed by atoms with van der Waals surface area (Å²) in [4.78, 5) is 83.2. The van der Waals surface area contributed by atoms with Gasteiger partial charge in [-0.3, -0.25) is 49.8 Å². The number of hydrogen-bond acceptors (Lipinski definition) is 20. The van der Waals surface area contributed by atoms with Crippen LogP contribution in [0.15, 0.2) is 262 Å². The van der Waals surface area contributed by atoms with E-state index >= 15 is 0 Å². The van der Waals surface area contributed by atoms with Crippen LogP contribution in [-0.4, -0.2) is 128 Å². The smallest absolute Gasteiger partial charge is 0.870 e. The first-order chi connectivity index (χ1) is 54.9. The molecule has 0 aliphatic heterocycles. The zero-order chi connectivity index (χ0) is 79.1. The first-order valence-corrected chi connectivity index (χ1v) is 35.7. The first kappa shape index (κ1) is 84.4. The van der Waals surface area contributed by atoms with E-state index in [1.54, 1.807) is 90.8 Å². The number of para-hydroxylation sites is 3. The maximum atomic E-state index is 13.1. The van der Waals surface area contributed by atoms with Crippen LogP contribution >= 0.6 is 0 Å². The van der Waals surface area contributed by atoms with Gasteiger partial charge in [-0.05, 0) is 173 Å². The van der Waals surface area contributed by atoms with Gasteiger partial charge in [-0.2, -0.15) is 20.4 Å². The van der Waals surface area contributed by atoms with Crippen molar-refractivity contribution in [3.05, 3.63) is 330 Å². The van der Waals surface area contributed by atoms with E-state index in [9.17, 15) is 24.3 Å². The number of carbonyl (C=O) groups excluding carboxylic acids is 3. The Morgan fingerprint density at radius 2 is 0.759 bits per heavy atom. The fourth-order valence-electron chi connectivity index (χ4n) is 12.1. The van der Waals surface area contributed by atoms with Gasteiger partial charge in [0, 0.05) is 99.3 Å². The maximum Gasteiger partial charge on any atom is 1.00 e. The third-order valence-corrected chi connectivity index (χ3v) is 18.0. The zero-order valence-corrected chi connectivity index (χ0v) is 66.4. The van der Waals surface area contributed by atoms with E-state index < -0.39 is 5.97 Å². The fourth-order valence-corrected chi connectivity index (χ4v) is 12.1. The summed E-state index contributed by atoms with van der Waals surface area (Å²) in [6, 6.07) is 59.2. The predicted octanol–water partition coefficient (Wildman–Crippen LogP) is 13.1. The molecule has 0 saturated carbocycles. The molecular weight excluding hydrogens is 1470 g/mol. The van der Waals surface area contributed by atoms with Crippen LogP contribution in [0.5, 0.6) is 0 Å². The number of aromatic carboxylic acids is 1. The summed E-state index contributed by atoms with van der Waals surface area (Å²) in [6.45, 7) is 12.5. The Morgan fingerprint density at radius 1 is 0.405 bits per heavy atom. The molecule has 6 N–H and O–H groups in total. The number of methoxy groups -OCH3 is 2. The number of hydrogen-bond donors (Lipinski definition) is 4. The molecular formula is C89H81N18NaO8. The second-order valence-electron chi connectivity index (χ2n) is 26.3. The molecule has 17 rings (SSSR count). The maximum absolute atomic E-state index is 13.1. The van der Waals surface area contributed by atoms with Crippen molar-refractivity contribution in [2.45, 2.75) is 62.1 Å². The molecule has 116 heavy (non-hydrogen) atoms. The van der Waals surface area contributed by atoms with Crippen molar-refractivity contribution in [3.63, 3.8) is 0 Å². The largest absolute Gasteiger partial charge is 1.00 e. The number of nitrogens with two attached hydrogens (primary N) is 1. The van der Waals surface area contributed by atoms with Crippen molar-refractivity contribution in [3.8, 4) is 62.1 Å². The number of benzene rings is 7. The Bertz CT molecular complexity index is 6210. The number of ether oxygens (including phenoxy) is 2. The third kappa shape index (κ3) is 19.9. The van der Waals surface area contributed by atoms with Crippen LogP contribution in [0.25, 0.3) is 106 Å². The summed E-state index contributed by atoms with van der Waals surface area (Å²) in [5.74, 6) is -1.94. The molecule has 17 aromatic rings. The van der Waals surface area contributed by atoms with Crippen molar-refractivity contribution >= 4 is 67.4 Å². The second kappa shape index (κ2) is 39.0. The van der Waals surface area contributed by atoms with Crippen molar-refractivity contribution in [1.29, 1.82) is 0 Å². The number of H-pyrrole nitrogens is 1. The minimum atomic E-state index is -0.976.